The maximum absolute atomic E-state index is 14.0. The van der Waals surface area contributed by atoms with Gasteiger partial charge in [-0.15, -0.1) is 0 Å². The first-order valence-corrected chi connectivity index (χ1v) is 11.3. The van der Waals surface area contributed by atoms with Crippen LogP contribution in [0.5, 0.6) is 5.75 Å². The average Bonchev–Trinajstić information content (AvgIpc) is 2.66. The Bertz CT molecular complexity index is 655. The number of piperazine rings is 1. The third kappa shape index (κ3) is 5.93. The first kappa shape index (κ1) is 22.5. The highest BCUT2D eigenvalue weighted by molar-refractivity contribution is 5.33. The van der Waals surface area contributed by atoms with E-state index in [1.54, 1.807) is 6.07 Å². The summed E-state index contributed by atoms with van der Waals surface area (Å²) in [7, 11) is 2.21. The number of rotatable bonds is 7. The fourth-order valence-corrected chi connectivity index (χ4v) is 5.05. The van der Waals surface area contributed by atoms with Crippen LogP contribution in [-0.4, -0.2) is 65.6 Å². The summed E-state index contributed by atoms with van der Waals surface area (Å²) in [6.07, 6.45) is 6.14. The lowest BCUT2D eigenvalue weighted by Gasteiger charge is -2.45. The number of benzene rings is 1. The summed E-state index contributed by atoms with van der Waals surface area (Å²) in [5.41, 5.74) is 0.357. The Kier molecular flexibility index (Phi) is 7.23. The van der Waals surface area contributed by atoms with Crippen molar-refractivity contribution in [3.8, 4) is 5.75 Å². The van der Waals surface area contributed by atoms with E-state index >= 15 is 0 Å². The molecule has 2 fully saturated rings. The molecule has 0 spiro atoms. The van der Waals surface area contributed by atoms with E-state index in [-0.39, 0.29) is 5.92 Å². The summed E-state index contributed by atoms with van der Waals surface area (Å²) in [4.78, 5) is 4.96. The number of ether oxygens (including phenoxy) is 1. The fourth-order valence-electron chi connectivity index (χ4n) is 5.05. The molecule has 3 rings (SSSR count). The summed E-state index contributed by atoms with van der Waals surface area (Å²) in [5.74, 6) is -1.18. The second kappa shape index (κ2) is 9.32. The Labute approximate surface area is 176 Å². The second-order valence-electron chi connectivity index (χ2n) is 9.56. The molecule has 1 saturated heterocycles. The molecule has 0 radical (unpaired) electrons. The topological polar surface area (TPSA) is 35.9 Å². The molecular weight excluding hydrogens is 367 g/mol. The Morgan fingerprint density at radius 1 is 1.24 bits per heavy atom. The zero-order valence-corrected chi connectivity index (χ0v) is 18.7. The Morgan fingerprint density at radius 3 is 2.62 bits per heavy atom. The quantitative estimate of drug-likeness (QED) is 0.719. The summed E-state index contributed by atoms with van der Waals surface area (Å²) < 4.78 is 19.5. The molecule has 1 aromatic rings. The zero-order chi connectivity index (χ0) is 21.1. The molecule has 1 aliphatic carbocycles. The van der Waals surface area contributed by atoms with E-state index in [9.17, 15) is 9.50 Å². The van der Waals surface area contributed by atoms with Gasteiger partial charge in [-0.1, -0.05) is 38.3 Å². The molecule has 4 nitrogen and oxygen atoms in total. The summed E-state index contributed by atoms with van der Waals surface area (Å²) in [5, 5.41) is 11.7. The lowest BCUT2D eigenvalue weighted by Crippen LogP contribution is -2.54. The van der Waals surface area contributed by atoms with Gasteiger partial charge in [-0.2, -0.15) is 4.39 Å². The zero-order valence-electron chi connectivity index (χ0n) is 18.7. The molecule has 0 unspecified atom stereocenters. The lowest BCUT2D eigenvalue weighted by molar-refractivity contribution is -0.0374. The highest BCUT2D eigenvalue weighted by atomic mass is 19.2. The maximum atomic E-state index is 14.0. The average molecular weight is 407 g/mol. The van der Waals surface area contributed by atoms with Crippen molar-refractivity contribution in [1.82, 2.24) is 9.80 Å². The van der Waals surface area contributed by atoms with Crippen LogP contribution in [0.15, 0.2) is 24.3 Å². The number of nitrogens with zero attached hydrogens (tertiary/aromatic N) is 2. The molecule has 1 aromatic carbocycles. The van der Waals surface area contributed by atoms with Crippen molar-refractivity contribution in [1.29, 1.82) is 0 Å². The van der Waals surface area contributed by atoms with Crippen LogP contribution >= 0.6 is 0 Å². The van der Waals surface area contributed by atoms with E-state index in [1.165, 1.54) is 20.3 Å². The van der Waals surface area contributed by atoms with Crippen molar-refractivity contribution in [2.75, 3.05) is 33.2 Å². The van der Waals surface area contributed by atoms with Gasteiger partial charge in [0.2, 0.25) is 5.85 Å². The van der Waals surface area contributed by atoms with E-state index in [0.717, 1.165) is 63.8 Å². The molecule has 29 heavy (non-hydrogen) atoms. The van der Waals surface area contributed by atoms with E-state index < -0.39 is 11.5 Å². The molecule has 1 saturated carbocycles. The molecule has 164 valence electrons. The van der Waals surface area contributed by atoms with Crippen LogP contribution in [0.1, 0.15) is 70.8 Å². The van der Waals surface area contributed by atoms with Crippen molar-refractivity contribution < 1.29 is 14.2 Å². The van der Waals surface area contributed by atoms with Crippen molar-refractivity contribution in [3.05, 3.63) is 29.8 Å². The molecular formula is C24H39FN2O2. The molecule has 2 atom stereocenters. The first-order valence-electron chi connectivity index (χ1n) is 11.3. The van der Waals surface area contributed by atoms with Crippen LogP contribution in [0.3, 0.4) is 0 Å². The van der Waals surface area contributed by atoms with Gasteiger partial charge in [-0.3, -0.25) is 4.90 Å². The van der Waals surface area contributed by atoms with Crippen LogP contribution in [0.25, 0.3) is 0 Å². The second-order valence-corrected chi connectivity index (χ2v) is 9.56. The molecule has 1 heterocycles. The molecule has 2 aliphatic rings. The smallest absolute Gasteiger partial charge is 0.242 e. The van der Waals surface area contributed by atoms with Gasteiger partial charge in [0.1, 0.15) is 5.75 Å². The molecule has 5 heteroatoms. The van der Waals surface area contributed by atoms with Gasteiger partial charge >= 0.3 is 0 Å². The minimum absolute atomic E-state index is 0.00925. The van der Waals surface area contributed by atoms with Crippen molar-refractivity contribution in [3.63, 3.8) is 0 Å². The Balaban J connectivity index is 1.85. The van der Waals surface area contributed by atoms with Crippen LogP contribution in [0.4, 0.5) is 4.39 Å². The standard InChI is InChI=1S/C24H39FN2O2/c1-5-20-17-27(15-14-26(20)4)18-22(24(28)12-7-6-8-13-24)19-10-9-11-21(16-19)29-23(2,3)25/h9-11,16,20,22,28H,5-8,12-15,17-18H2,1-4H3/t20-,22+/m0/s1. The van der Waals surface area contributed by atoms with Gasteiger partial charge in [0.05, 0.1) is 5.60 Å². The highest BCUT2D eigenvalue weighted by Gasteiger charge is 2.40. The third-order valence-electron chi connectivity index (χ3n) is 6.76. The van der Waals surface area contributed by atoms with E-state index in [2.05, 4.69) is 29.8 Å². The number of aliphatic hydroxyl groups is 1. The third-order valence-corrected chi connectivity index (χ3v) is 6.76. The Morgan fingerprint density at radius 2 is 1.97 bits per heavy atom. The van der Waals surface area contributed by atoms with Gasteiger partial charge in [0, 0.05) is 52.0 Å². The van der Waals surface area contributed by atoms with Gasteiger partial charge in [-0.05, 0) is 44.0 Å². The van der Waals surface area contributed by atoms with Crippen LogP contribution in [0.2, 0.25) is 0 Å². The monoisotopic (exact) mass is 406 g/mol. The van der Waals surface area contributed by atoms with Crippen molar-refractivity contribution in [2.24, 2.45) is 0 Å². The predicted molar refractivity (Wildman–Crippen MR) is 116 cm³/mol. The van der Waals surface area contributed by atoms with Gasteiger partial charge < -0.3 is 14.7 Å². The minimum Gasteiger partial charge on any atom is -0.459 e. The number of halogens is 1. The number of hydrogen-bond acceptors (Lipinski definition) is 4. The summed E-state index contributed by atoms with van der Waals surface area (Å²) >= 11 is 0. The number of likely N-dealkylation sites (N-methyl/N-ethyl adjacent to an activating group) is 1. The Hall–Kier alpha value is -1.17. The van der Waals surface area contributed by atoms with E-state index in [1.807, 2.05) is 12.1 Å². The minimum atomic E-state index is -1.72. The van der Waals surface area contributed by atoms with Crippen LogP contribution in [-0.2, 0) is 0 Å². The number of alkyl halides is 1. The first-order chi connectivity index (χ1) is 13.7. The molecule has 0 amide bonds. The van der Waals surface area contributed by atoms with E-state index in [0.29, 0.717) is 11.8 Å². The number of hydrogen-bond donors (Lipinski definition) is 1. The summed E-state index contributed by atoms with van der Waals surface area (Å²) in [6, 6.07) is 8.30. The normalized spacial score (nSPS) is 25.0. The van der Waals surface area contributed by atoms with Gasteiger partial charge in [0.25, 0.3) is 0 Å². The largest absolute Gasteiger partial charge is 0.459 e. The SMILES string of the molecule is CC[C@H]1CN(C[C@H](c2cccc(OC(C)(C)F)c2)C2(O)CCCCC2)CCN1C. The fraction of sp³-hybridized carbons (Fsp3) is 0.750. The van der Waals surface area contributed by atoms with Gasteiger partial charge in [-0.25, -0.2) is 0 Å². The highest BCUT2D eigenvalue weighted by Crippen LogP contribution is 2.41. The maximum Gasteiger partial charge on any atom is 0.242 e. The van der Waals surface area contributed by atoms with Crippen molar-refractivity contribution >= 4 is 0 Å². The molecule has 0 aromatic heterocycles. The van der Waals surface area contributed by atoms with Crippen LogP contribution < -0.4 is 4.74 Å². The van der Waals surface area contributed by atoms with E-state index in [4.69, 9.17) is 4.74 Å². The predicted octanol–water partition coefficient (Wildman–Crippen LogP) is 4.58. The summed E-state index contributed by atoms with van der Waals surface area (Å²) in [6.45, 7) is 9.03. The molecule has 0 bridgehead atoms. The lowest BCUT2D eigenvalue weighted by atomic mass is 9.72. The van der Waals surface area contributed by atoms with Crippen molar-refractivity contribution in [2.45, 2.75) is 82.7 Å². The molecule has 1 aliphatic heterocycles. The van der Waals surface area contributed by atoms with Gasteiger partial charge in [0.15, 0.2) is 0 Å². The van der Waals surface area contributed by atoms with Crippen LogP contribution in [0, 0.1) is 0 Å². The molecule has 1 N–H and O–H groups in total.